The monoisotopic (exact) mass is 663 g/mol. The van der Waals surface area contributed by atoms with E-state index in [1.807, 2.05) is 0 Å². The summed E-state index contributed by atoms with van der Waals surface area (Å²) in [5, 5.41) is 32.4. The fraction of sp³-hybridized carbons (Fsp3) is 0.424. The van der Waals surface area contributed by atoms with Crippen LogP contribution in [0.5, 0.6) is 17.2 Å². The van der Waals surface area contributed by atoms with Crippen molar-refractivity contribution in [2.45, 2.75) is 38.6 Å². The van der Waals surface area contributed by atoms with Crippen LogP contribution in [-0.4, -0.2) is 103 Å². The number of hydrogen-bond acceptors (Lipinski definition) is 10. The number of nitrogens with zero attached hydrogens (tertiary/aromatic N) is 1. The van der Waals surface area contributed by atoms with Crippen molar-refractivity contribution in [1.29, 1.82) is 0 Å². The second kappa shape index (κ2) is 14.1. The Bertz CT molecular complexity index is 1700. The van der Waals surface area contributed by atoms with Gasteiger partial charge < -0.3 is 41.1 Å². The van der Waals surface area contributed by atoms with Crippen molar-refractivity contribution in [2.75, 3.05) is 39.8 Å². The topological polar surface area (TPSA) is 221 Å². The number of fused-ring (bicyclic) bond motifs is 3. The van der Waals surface area contributed by atoms with E-state index in [9.17, 15) is 43.8 Å². The molecule has 3 aliphatic rings. The number of benzene rings is 2. The fourth-order valence-corrected chi connectivity index (χ4v) is 6.42. The molecule has 15 heteroatoms. The van der Waals surface area contributed by atoms with Gasteiger partial charge >= 0.3 is 0 Å². The summed E-state index contributed by atoms with van der Waals surface area (Å²) in [7, 11) is 1.37. The number of methoxy groups -OCH3 is 1. The molecule has 0 saturated carbocycles. The van der Waals surface area contributed by atoms with E-state index in [0.29, 0.717) is 31.5 Å². The SMILES string of the molecule is COc1cccc2c1C(=O)c1c(O)c3c(c(O)c1C2=O)CC(C(=O)N1CC(CNC(=O)CNC(=O)C(C)NC(=O)CCNC=O)C1)CC3. The summed E-state index contributed by atoms with van der Waals surface area (Å²) in [6.45, 7) is 2.38. The van der Waals surface area contributed by atoms with E-state index in [2.05, 4.69) is 21.3 Å². The van der Waals surface area contributed by atoms with Crippen LogP contribution >= 0.6 is 0 Å². The summed E-state index contributed by atoms with van der Waals surface area (Å²) in [5.41, 5.74) is 0.177. The van der Waals surface area contributed by atoms with Crippen molar-refractivity contribution in [3.05, 3.63) is 51.6 Å². The second-order valence-electron chi connectivity index (χ2n) is 12.1. The van der Waals surface area contributed by atoms with Gasteiger partial charge in [-0.05, 0) is 32.3 Å². The summed E-state index contributed by atoms with van der Waals surface area (Å²) in [4.78, 5) is 88.4. The lowest BCUT2D eigenvalue weighted by atomic mass is 9.75. The highest BCUT2D eigenvalue weighted by molar-refractivity contribution is 6.31. The van der Waals surface area contributed by atoms with Gasteiger partial charge in [-0.1, -0.05) is 12.1 Å². The molecule has 15 nitrogen and oxygen atoms in total. The molecule has 1 aliphatic heterocycles. The smallest absolute Gasteiger partial charge is 0.242 e. The molecule has 48 heavy (non-hydrogen) atoms. The second-order valence-corrected chi connectivity index (χ2v) is 12.1. The molecule has 2 atom stereocenters. The van der Waals surface area contributed by atoms with Gasteiger partial charge in [-0.15, -0.1) is 0 Å². The van der Waals surface area contributed by atoms with Gasteiger partial charge in [-0.25, -0.2) is 0 Å². The molecule has 1 fully saturated rings. The highest BCUT2D eigenvalue weighted by Crippen LogP contribution is 2.47. The van der Waals surface area contributed by atoms with Crippen molar-refractivity contribution < 1.29 is 48.5 Å². The molecule has 5 rings (SSSR count). The molecule has 1 saturated heterocycles. The fourth-order valence-electron chi connectivity index (χ4n) is 6.42. The first kappa shape index (κ1) is 33.9. The van der Waals surface area contributed by atoms with Gasteiger partial charge in [0, 0.05) is 61.1 Å². The zero-order valence-corrected chi connectivity index (χ0v) is 26.5. The summed E-state index contributed by atoms with van der Waals surface area (Å²) >= 11 is 0. The van der Waals surface area contributed by atoms with E-state index < -0.39 is 47.0 Å². The summed E-state index contributed by atoms with van der Waals surface area (Å²) in [5.74, 6) is -3.89. The van der Waals surface area contributed by atoms with E-state index in [-0.39, 0.29) is 90.0 Å². The van der Waals surface area contributed by atoms with Crippen LogP contribution in [0.25, 0.3) is 0 Å². The summed E-state index contributed by atoms with van der Waals surface area (Å²) in [6.07, 6.45) is 1.15. The largest absolute Gasteiger partial charge is 0.507 e. The number of amides is 5. The predicted molar refractivity (Wildman–Crippen MR) is 168 cm³/mol. The molecule has 0 radical (unpaired) electrons. The zero-order chi connectivity index (χ0) is 34.7. The van der Waals surface area contributed by atoms with Gasteiger partial charge in [0.05, 0.1) is 30.3 Å². The Hall–Kier alpha value is -5.47. The number of phenolic OH excluding ortho intramolecular Hbond substituents is 2. The summed E-state index contributed by atoms with van der Waals surface area (Å²) < 4.78 is 5.28. The number of hydrogen-bond donors (Lipinski definition) is 6. The van der Waals surface area contributed by atoms with E-state index in [1.54, 1.807) is 17.0 Å². The number of likely N-dealkylation sites (tertiary alicyclic amines) is 1. The molecule has 2 aromatic carbocycles. The normalized spacial score (nSPS) is 17.1. The number of ketones is 2. The first-order valence-electron chi connectivity index (χ1n) is 15.6. The minimum absolute atomic E-state index is 0.00664. The molecule has 0 bridgehead atoms. The molecule has 2 aromatic rings. The highest BCUT2D eigenvalue weighted by Gasteiger charge is 2.42. The van der Waals surface area contributed by atoms with Crippen molar-refractivity contribution in [3.63, 3.8) is 0 Å². The van der Waals surface area contributed by atoms with Crippen LogP contribution in [-0.2, 0) is 36.8 Å². The summed E-state index contributed by atoms with van der Waals surface area (Å²) in [6, 6.07) is 3.69. The number of phenols is 2. The first-order valence-corrected chi connectivity index (χ1v) is 15.6. The van der Waals surface area contributed by atoms with E-state index >= 15 is 0 Å². The van der Waals surface area contributed by atoms with Crippen molar-refractivity contribution in [1.82, 2.24) is 26.2 Å². The van der Waals surface area contributed by atoms with Crippen LogP contribution in [0.1, 0.15) is 62.7 Å². The van der Waals surface area contributed by atoms with Crippen LogP contribution in [0.3, 0.4) is 0 Å². The standard InChI is InChI=1S/C33H37N5O10/c1-16(37-23(40)8-9-34-15-39)32(46)36-12-24(41)35-11-17-13-38(14-17)33(47)18-6-7-19-21(10-18)30(44)26-27(28(19)42)31(45)25-20(29(26)43)4-3-5-22(25)48-2/h3-5,15-18,42,44H,6-14H2,1-2H3,(H,34,39)(H,35,41)(H,36,46)(H,37,40). The van der Waals surface area contributed by atoms with Crippen LogP contribution in [0.2, 0.25) is 0 Å². The van der Waals surface area contributed by atoms with Crippen molar-refractivity contribution >= 4 is 41.6 Å². The predicted octanol–water partition coefficient (Wildman–Crippen LogP) is -0.682. The maximum Gasteiger partial charge on any atom is 0.242 e. The van der Waals surface area contributed by atoms with Crippen LogP contribution in [0, 0.1) is 11.8 Å². The van der Waals surface area contributed by atoms with Gasteiger partial charge in [0.25, 0.3) is 0 Å². The van der Waals surface area contributed by atoms with E-state index in [0.717, 1.165) is 0 Å². The van der Waals surface area contributed by atoms with Crippen LogP contribution in [0.4, 0.5) is 0 Å². The van der Waals surface area contributed by atoms with Crippen LogP contribution < -0.4 is 26.0 Å². The lowest BCUT2D eigenvalue weighted by Crippen LogP contribution is -2.56. The number of rotatable bonds is 12. The Morgan fingerprint density at radius 2 is 1.71 bits per heavy atom. The third-order valence-electron chi connectivity index (χ3n) is 9.00. The van der Waals surface area contributed by atoms with Gasteiger partial charge in [-0.3, -0.25) is 33.6 Å². The number of ether oxygens (including phenoxy) is 1. The molecule has 254 valence electrons. The van der Waals surface area contributed by atoms with Crippen LogP contribution in [0.15, 0.2) is 18.2 Å². The molecule has 6 N–H and O–H groups in total. The molecule has 0 aromatic heterocycles. The Morgan fingerprint density at radius 1 is 1.00 bits per heavy atom. The Balaban J connectivity index is 1.12. The van der Waals surface area contributed by atoms with Crippen molar-refractivity contribution in [3.8, 4) is 17.2 Å². The minimum Gasteiger partial charge on any atom is -0.507 e. The van der Waals surface area contributed by atoms with Gasteiger partial charge in [-0.2, -0.15) is 0 Å². The van der Waals surface area contributed by atoms with E-state index in [4.69, 9.17) is 4.74 Å². The lowest BCUT2D eigenvalue weighted by molar-refractivity contribution is -0.142. The molecule has 0 spiro atoms. The highest BCUT2D eigenvalue weighted by atomic mass is 16.5. The molecular formula is C33H37N5O10. The number of carbonyl (C=O) groups is 7. The molecule has 2 unspecified atom stereocenters. The lowest BCUT2D eigenvalue weighted by Gasteiger charge is -2.42. The number of carbonyl (C=O) groups excluding carboxylic acids is 7. The van der Waals surface area contributed by atoms with Gasteiger partial charge in [0.1, 0.15) is 23.3 Å². The van der Waals surface area contributed by atoms with Crippen molar-refractivity contribution in [2.24, 2.45) is 11.8 Å². The third-order valence-corrected chi connectivity index (χ3v) is 9.00. The number of nitrogens with one attached hydrogen (secondary N) is 4. The molecule has 5 amide bonds. The maximum atomic E-state index is 13.5. The average molecular weight is 664 g/mol. The molecule has 2 aliphatic carbocycles. The number of aromatic hydroxyl groups is 2. The molecular weight excluding hydrogens is 626 g/mol. The van der Waals surface area contributed by atoms with Gasteiger partial charge in [0.2, 0.25) is 35.8 Å². The molecule has 1 heterocycles. The first-order chi connectivity index (χ1) is 23.0. The van der Waals surface area contributed by atoms with E-state index in [1.165, 1.54) is 20.1 Å². The Morgan fingerprint density at radius 3 is 2.42 bits per heavy atom. The van der Waals surface area contributed by atoms with Gasteiger partial charge in [0.15, 0.2) is 5.78 Å². The third kappa shape index (κ3) is 6.52. The quantitative estimate of drug-likeness (QED) is 0.0814. The maximum absolute atomic E-state index is 13.5. The minimum atomic E-state index is -0.875. The Kier molecular flexibility index (Phi) is 9.96. The average Bonchev–Trinajstić information content (AvgIpc) is 3.06. The Labute approximate surface area is 275 Å². The zero-order valence-electron chi connectivity index (χ0n) is 26.5.